The molecule has 2 aliphatic heterocycles. The van der Waals surface area contributed by atoms with Crippen molar-refractivity contribution in [1.29, 1.82) is 0 Å². The molecule has 9 nitrogen and oxygen atoms in total. The SMILES string of the molecule is Cc1nc(C(=O)N2c3cccc(O)c3NC3=C(C2c2ccc(Oc4ccccc4Br)s2)S(=O)(=O)CC(C)(C)C3)c(C)o1. The fourth-order valence-electron chi connectivity index (χ4n) is 5.60. The first-order chi connectivity index (χ1) is 19.8. The van der Waals surface area contributed by atoms with Gasteiger partial charge in [0.15, 0.2) is 26.5 Å². The number of aromatic nitrogens is 1. The molecule has 2 aromatic heterocycles. The van der Waals surface area contributed by atoms with Crippen LogP contribution in [-0.2, 0) is 9.84 Å². The van der Waals surface area contributed by atoms with E-state index in [1.165, 1.54) is 22.3 Å². The van der Waals surface area contributed by atoms with E-state index < -0.39 is 27.2 Å². The van der Waals surface area contributed by atoms with E-state index in [-0.39, 0.29) is 27.8 Å². The first kappa shape index (κ1) is 28.5. The summed E-state index contributed by atoms with van der Waals surface area (Å²) in [7, 11) is -3.90. The van der Waals surface area contributed by atoms with Crippen LogP contribution in [0, 0.1) is 19.3 Å². The van der Waals surface area contributed by atoms with Crippen LogP contribution in [0.3, 0.4) is 0 Å². The molecule has 4 heterocycles. The molecule has 4 aromatic rings. The van der Waals surface area contributed by atoms with Gasteiger partial charge in [-0.25, -0.2) is 13.4 Å². The Kier molecular flexibility index (Phi) is 6.98. The third kappa shape index (κ3) is 5.01. The first-order valence-corrected chi connectivity index (χ1v) is 16.5. The number of aryl methyl sites for hydroxylation is 2. The summed E-state index contributed by atoms with van der Waals surface area (Å²) in [5.74, 6) is 0.436. The van der Waals surface area contributed by atoms with Gasteiger partial charge in [0.05, 0.1) is 20.8 Å². The number of phenols is 1. The quantitative estimate of drug-likeness (QED) is 0.214. The van der Waals surface area contributed by atoms with Crippen LogP contribution < -0.4 is 15.0 Å². The molecule has 2 N–H and O–H groups in total. The number of sulfone groups is 1. The van der Waals surface area contributed by atoms with Crippen molar-refractivity contribution < 1.29 is 27.5 Å². The summed E-state index contributed by atoms with van der Waals surface area (Å²) in [6, 6.07) is 14.7. The molecule has 0 saturated heterocycles. The highest BCUT2D eigenvalue weighted by atomic mass is 79.9. The molecule has 1 unspecified atom stereocenters. The standard InChI is InChI=1S/C30H28BrN3O6S2/c1-16-25(32-17(2)39-16)29(36)34-20-9-7-10-21(35)26(20)33-19-14-30(3,4)15-42(37,38)28(19)27(34)23-12-13-24(41-23)40-22-11-6-5-8-18(22)31/h5-13,27,33,35H,14-15H2,1-4H3. The molecule has 0 saturated carbocycles. The van der Waals surface area contributed by atoms with Crippen LogP contribution in [0.15, 0.2) is 74.1 Å². The van der Waals surface area contributed by atoms with E-state index in [0.717, 1.165) is 4.47 Å². The second kappa shape index (κ2) is 10.3. The molecule has 6 rings (SSSR count). The number of hydrogen-bond donors (Lipinski definition) is 2. The van der Waals surface area contributed by atoms with E-state index in [1.54, 1.807) is 38.1 Å². The number of nitrogens with one attached hydrogen (secondary N) is 1. The Morgan fingerprint density at radius 2 is 1.93 bits per heavy atom. The highest BCUT2D eigenvalue weighted by Gasteiger charge is 2.48. The van der Waals surface area contributed by atoms with Crippen LogP contribution in [-0.4, -0.2) is 30.2 Å². The predicted molar refractivity (Wildman–Crippen MR) is 165 cm³/mol. The maximum atomic E-state index is 14.4. The molecule has 0 radical (unpaired) electrons. The fourth-order valence-corrected chi connectivity index (χ4v) is 9.37. The van der Waals surface area contributed by atoms with Crippen LogP contribution in [0.5, 0.6) is 16.6 Å². The minimum Gasteiger partial charge on any atom is -0.506 e. The van der Waals surface area contributed by atoms with Gasteiger partial charge in [-0.2, -0.15) is 0 Å². The second-order valence-corrected chi connectivity index (χ2v) is 15.0. The summed E-state index contributed by atoms with van der Waals surface area (Å²) >= 11 is 4.74. The number of carbonyl (C=O) groups excluding carboxylic acids is 1. The number of amides is 1. The van der Waals surface area contributed by atoms with Crippen LogP contribution in [0.4, 0.5) is 11.4 Å². The number of allylic oxidation sites excluding steroid dienone is 1. The Hall–Kier alpha value is -3.61. The van der Waals surface area contributed by atoms with Crippen LogP contribution in [0.25, 0.3) is 0 Å². The van der Waals surface area contributed by atoms with Gasteiger partial charge in [-0.15, -0.1) is 11.3 Å². The Balaban J connectivity index is 1.60. The number of ether oxygens (including phenoxy) is 1. The van der Waals surface area contributed by atoms with Crippen molar-refractivity contribution in [2.45, 2.75) is 40.2 Å². The number of carbonyl (C=O) groups is 1. The fraction of sp³-hybridized carbons (Fsp3) is 0.267. The van der Waals surface area contributed by atoms with Crippen molar-refractivity contribution in [1.82, 2.24) is 4.98 Å². The van der Waals surface area contributed by atoms with Gasteiger partial charge in [-0.1, -0.05) is 32.0 Å². The zero-order valence-corrected chi connectivity index (χ0v) is 26.5. The second-order valence-electron chi connectivity index (χ2n) is 11.1. The maximum absolute atomic E-state index is 14.4. The van der Waals surface area contributed by atoms with Crippen molar-refractivity contribution in [3.05, 3.63) is 91.9 Å². The number of phenolic OH excluding ortho intramolecular Hbond substituents is 1. The number of halogens is 1. The van der Waals surface area contributed by atoms with Gasteiger partial charge in [0, 0.05) is 17.5 Å². The van der Waals surface area contributed by atoms with E-state index in [9.17, 15) is 18.3 Å². The van der Waals surface area contributed by atoms with Crippen molar-refractivity contribution >= 4 is 54.4 Å². The highest BCUT2D eigenvalue weighted by Crippen LogP contribution is 2.53. The van der Waals surface area contributed by atoms with Crippen molar-refractivity contribution in [3.8, 4) is 16.6 Å². The van der Waals surface area contributed by atoms with E-state index in [0.29, 0.717) is 45.1 Å². The number of aromatic hydroxyl groups is 1. The zero-order valence-electron chi connectivity index (χ0n) is 23.3. The molecule has 0 bridgehead atoms. The molecule has 0 spiro atoms. The normalized spacial score (nSPS) is 19.0. The summed E-state index contributed by atoms with van der Waals surface area (Å²) < 4.78 is 40.8. The molecule has 42 heavy (non-hydrogen) atoms. The van der Waals surface area contributed by atoms with Crippen molar-refractivity contribution in [2.75, 3.05) is 16.0 Å². The van der Waals surface area contributed by atoms with Gasteiger partial charge in [-0.05, 0) is 71.1 Å². The van der Waals surface area contributed by atoms with Gasteiger partial charge >= 0.3 is 0 Å². The number of rotatable bonds is 4. The number of benzene rings is 2. The summed E-state index contributed by atoms with van der Waals surface area (Å²) in [5, 5.41) is 14.7. The monoisotopic (exact) mass is 669 g/mol. The van der Waals surface area contributed by atoms with Gasteiger partial charge in [0.25, 0.3) is 5.91 Å². The number of para-hydroxylation sites is 2. The molecule has 12 heteroatoms. The first-order valence-electron chi connectivity index (χ1n) is 13.2. The molecule has 2 aromatic carbocycles. The molecular formula is C30H28BrN3O6S2. The molecule has 218 valence electrons. The topological polar surface area (TPSA) is 122 Å². The van der Waals surface area contributed by atoms with E-state index >= 15 is 0 Å². The van der Waals surface area contributed by atoms with Gasteiger partial charge in [0.1, 0.15) is 29.0 Å². The third-order valence-corrected chi connectivity index (χ3v) is 11.1. The summed E-state index contributed by atoms with van der Waals surface area (Å²) in [5.41, 5.74) is 0.471. The average Bonchev–Trinajstić information content (AvgIpc) is 3.45. The van der Waals surface area contributed by atoms with Crippen LogP contribution >= 0.6 is 27.3 Å². The maximum Gasteiger partial charge on any atom is 0.281 e. The largest absolute Gasteiger partial charge is 0.506 e. The van der Waals surface area contributed by atoms with Gasteiger partial charge < -0.3 is 19.6 Å². The lowest BCUT2D eigenvalue weighted by Crippen LogP contribution is -2.41. The average molecular weight is 671 g/mol. The molecule has 1 amide bonds. The highest BCUT2D eigenvalue weighted by molar-refractivity contribution is 9.10. The molecular weight excluding hydrogens is 642 g/mol. The lowest BCUT2D eigenvalue weighted by Gasteiger charge is -2.36. The summed E-state index contributed by atoms with van der Waals surface area (Å²) in [4.78, 5) is 20.8. The number of nitrogens with zero attached hydrogens (tertiary/aromatic N) is 2. The Bertz CT molecular complexity index is 1870. The van der Waals surface area contributed by atoms with E-state index in [1.807, 2.05) is 38.1 Å². The minimum absolute atomic E-state index is 0.0608. The van der Waals surface area contributed by atoms with Gasteiger partial charge in [-0.3, -0.25) is 9.69 Å². The number of oxazole rings is 1. The molecule has 0 aliphatic carbocycles. The third-order valence-electron chi connectivity index (χ3n) is 7.17. The zero-order chi connectivity index (χ0) is 30.0. The van der Waals surface area contributed by atoms with E-state index in [4.69, 9.17) is 9.15 Å². The Labute approximate surface area is 255 Å². The predicted octanol–water partition coefficient (Wildman–Crippen LogP) is 7.48. The number of thiophene rings is 1. The summed E-state index contributed by atoms with van der Waals surface area (Å²) in [6.45, 7) is 7.06. The number of fused-ring (bicyclic) bond motifs is 1. The summed E-state index contributed by atoms with van der Waals surface area (Å²) in [6.07, 6.45) is 0.391. The van der Waals surface area contributed by atoms with Crippen LogP contribution in [0.2, 0.25) is 0 Å². The molecule has 1 atom stereocenters. The Morgan fingerprint density at radius 3 is 2.64 bits per heavy atom. The molecule has 0 fully saturated rings. The van der Waals surface area contributed by atoms with Crippen molar-refractivity contribution in [2.24, 2.45) is 5.41 Å². The van der Waals surface area contributed by atoms with Crippen molar-refractivity contribution in [3.63, 3.8) is 0 Å². The number of hydrogen-bond acceptors (Lipinski definition) is 9. The van der Waals surface area contributed by atoms with Gasteiger partial charge in [0.2, 0.25) is 0 Å². The molecule has 2 aliphatic rings. The lowest BCUT2D eigenvalue weighted by atomic mass is 9.89. The minimum atomic E-state index is -3.90. The lowest BCUT2D eigenvalue weighted by molar-refractivity contribution is 0.0975. The number of anilines is 2. The van der Waals surface area contributed by atoms with Crippen LogP contribution in [0.1, 0.15) is 53.3 Å². The smallest absolute Gasteiger partial charge is 0.281 e. The van der Waals surface area contributed by atoms with E-state index in [2.05, 4.69) is 26.2 Å². The Morgan fingerprint density at radius 1 is 1.17 bits per heavy atom.